The molecule has 0 fully saturated rings. The molecule has 3 nitrogen and oxygen atoms in total. The van der Waals surface area contributed by atoms with Crippen molar-refractivity contribution >= 4 is 6.08 Å². The molecule has 20 heavy (non-hydrogen) atoms. The van der Waals surface area contributed by atoms with Crippen molar-refractivity contribution in [2.45, 2.75) is 20.8 Å². The first-order valence-electron chi connectivity index (χ1n) is 6.38. The minimum Gasteiger partial charge on any atom is -0.455 e. The Labute approximate surface area is 117 Å². The molecule has 0 aliphatic carbocycles. The number of nitrogens with zero attached hydrogens (tertiary/aromatic N) is 1. The zero-order valence-electron chi connectivity index (χ0n) is 11.8. The number of ether oxygens (including phenoxy) is 1. The zero-order valence-corrected chi connectivity index (χ0v) is 11.8. The molecule has 0 saturated carbocycles. The van der Waals surface area contributed by atoms with E-state index in [1.807, 2.05) is 26.8 Å². The van der Waals surface area contributed by atoms with E-state index in [2.05, 4.69) is 9.97 Å². The van der Waals surface area contributed by atoms with Crippen LogP contribution in [0, 0.1) is 19.7 Å². The number of H-pyrrole nitrogens is 1. The minimum absolute atomic E-state index is 0.212. The Morgan fingerprint density at radius 2 is 2.15 bits per heavy atom. The number of benzene rings is 1. The molecule has 0 aliphatic rings. The van der Waals surface area contributed by atoms with E-state index >= 15 is 0 Å². The van der Waals surface area contributed by atoms with Crippen molar-refractivity contribution in [3.05, 3.63) is 65.2 Å². The smallest absolute Gasteiger partial charge is 0.165 e. The van der Waals surface area contributed by atoms with Crippen molar-refractivity contribution in [2.24, 2.45) is 0 Å². The summed E-state index contributed by atoms with van der Waals surface area (Å²) in [5, 5.41) is 0. The molecular weight excluding hydrogens is 255 g/mol. The minimum atomic E-state index is -0.369. The van der Waals surface area contributed by atoms with Gasteiger partial charge >= 0.3 is 0 Å². The van der Waals surface area contributed by atoms with Crippen molar-refractivity contribution < 1.29 is 9.13 Å². The van der Waals surface area contributed by atoms with Gasteiger partial charge < -0.3 is 9.72 Å². The van der Waals surface area contributed by atoms with E-state index < -0.39 is 0 Å². The fraction of sp³-hybridized carbons (Fsp3) is 0.188. The average molecular weight is 272 g/mol. The number of imidazole rings is 1. The van der Waals surface area contributed by atoms with Gasteiger partial charge in [0.2, 0.25) is 0 Å². The first-order chi connectivity index (χ1) is 9.58. The lowest BCUT2D eigenvalue weighted by molar-refractivity contribution is 0.411. The molecule has 0 atom stereocenters. The number of allylic oxidation sites excluding steroid dienone is 2. The van der Waals surface area contributed by atoms with Crippen LogP contribution in [0.4, 0.5) is 4.39 Å². The summed E-state index contributed by atoms with van der Waals surface area (Å²) in [5.41, 5.74) is 1.84. The highest BCUT2D eigenvalue weighted by molar-refractivity contribution is 5.45. The van der Waals surface area contributed by atoms with Crippen LogP contribution in [0.3, 0.4) is 0 Å². The van der Waals surface area contributed by atoms with Gasteiger partial charge in [-0.2, -0.15) is 0 Å². The molecule has 104 valence electrons. The number of hydrogen-bond acceptors (Lipinski definition) is 2. The summed E-state index contributed by atoms with van der Waals surface area (Å²) in [7, 11) is 0. The van der Waals surface area contributed by atoms with Gasteiger partial charge in [0.25, 0.3) is 0 Å². The van der Waals surface area contributed by atoms with Crippen LogP contribution in [0.5, 0.6) is 5.75 Å². The third-order valence-corrected chi connectivity index (χ3v) is 2.73. The molecule has 4 heteroatoms. The summed E-state index contributed by atoms with van der Waals surface area (Å²) in [5.74, 6) is 1.13. The number of aromatic amines is 1. The molecule has 1 heterocycles. The lowest BCUT2D eigenvalue weighted by Gasteiger charge is -2.07. The molecule has 1 aromatic carbocycles. The molecule has 0 aliphatic heterocycles. The van der Waals surface area contributed by atoms with Crippen LogP contribution in [-0.4, -0.2) is 9.97 Å². The molecule has 0 amide bonds. The van der Waals surface area contributed by atoms with Crippen molar-refractivity contribution in [1.82, 2.24) is 9.97 Å². The third-order valence-electron chi connectivity index (χ3n) is 2.73. The Kier molecular flexibility index (Phi) is 4.35. The van der Waals surface area contributed by atoms with Crippen molar-refractivity contribution in [1.29, 1.82) is 0 Å². The quantitative estimate of drug-likeness (QED) is 0.670. The number of aryl methyl sites for hydroxylation is 2. The predicted octanol–water partition coefficient (Wildman–Crippen LogP) is 4.16. The Hall–Kier alpha value is -2.36. The lowest BCUT2D eigenvalue weighted by Crippen LogP contribution is -1.95. The third kappa shape index (κ3) is 3.57. The second-order valence-electron chi connectivity index (χ2n) is 4.51. The van der Waals surface area contributed by atoms with Gasteiger partial charge in [-0.1, -0.05) is 6.07 Å². The van der Waals surface area contributed by atoms with Crippen LogP contribution in [-0.2, 0) is 0 Å². The van der Waals surface area contributed by atoms with Crippen LogP contribution in [0.2, 0.25) is 0 Å². The van der Waals surface area contributed by atoms with Crippen molar-refractivity contribution in [3.8, 4) is 5.75 Å². The van der Waals surface area contributed by atoms with Gasteiger partial charge in [-0.15, -0.1) is 0 Å². The fourth-order valence-electron chi connectivity index (χ4n) is 1.68. The van der Waals surface area contributed by atoms with Crippen LogP contribution in [0.1, 0.15) is 24.0 Å². The van der Waals surface area contributed by atoms with E-state index in [-0.39, 0.29) is 11.6 Å². The lowest BCUT2D eigenvalue weighted by atomic mass is 10.2. The van der Waals surface area contributed by atoms with E-state index in [9.17, 15) is 4.39 Å². The number of aromatic nitrogens is 2. The summed E-state index contributed by atoms with van der Waals surface area (Å²) >= 11 is 0. The summed E-state index contributed by atoms with van der Waals surface area (Å²) in [6.45, 7) is 5.60. The first-order valence-corrected chi connectivity index (χ1v) is 6.38. The van der Waals surface area contributed by atoms with E-state index in [1.54, 1.807) is 30.5 Å². The Bertz CT molecular complexity index is 656. The summed E-state index contributed by atoms with van der Waals surface area (Å²) < 4.78 is 19.3. The van der Waals surface area contributed by atoms with E-state index in [4.69, 9.17) is 4.74 Å². The second-order valence-corrected chi connectivity index (χ2v) is 4.51. The molecule has 0 radical (unpaired) electrons. The van der Waals surface area contributed by atoms with E-state index in [1.165, 1.54) is 6.07 Å². The molecule has 2 aromatic rings. The highest BCUT2D eigenvalue weighted by atomic mass is 19.1. The van der Waals surface area contributed by atoms with Crippen molar-refractivity contribution in [3.63, 3.8) is 0 Å². The predicted molar refractivity (Wildman–Crippen MR) is 77.9 cm³/mol. The Morgan fingerprint density at radius 1 is 1.35 bits per heavy atom. The zero-order chi connectivity index (χ0) is 14.5. The first kappa shape index (κ1) is 14.1. The van der Waals surface area contributed by atoms with Crippen LogP contribution >= 0.6 is 0 Å². The van der Waals surface area contributed by atoms with Gasteiger partial charge in [-0.3, -0.25) is 0 Å². The van der Waals surface area contributed by atoms with Gasteiger partial charge in [-0.05, 0) is 56.7 Å². The maximum Gasteiger partial charge on any atom is 0.165 e. The SMILES string of the molecule is C/C=C(\C=C/c1ncc(C)[nH]1)Oc1ccc(C)cc1F. The van der Waals surface area contributed by atoms with Gasteiger partial charge in [-0.25, -0.2) is 9.37 Å². The Balaban J connectivity index is 2.11. The number of nitrogens with one attached hydrogen (secondary N) is 1. The molecule has 1 aromatic heterocycles. The summed E-state index contributed by atoms with van der Waals surface area (Å²) in [6.07, 6.45) is 7.05. The molecule has 0 spiro atoms. The highest BCUT2D eigenvalue weighted by Gasteiger charge is 2.04. The van der Waals surface area contributed by atoms with Crippen LogP contribution in [0.25, 0.3) is 6.08 Å². The molecule has 0 saturated heterocycles. The Morgan fingerprint density at radius 3 is 2.75 bits per heavy atom. The normalized spacial score (nSPS) is 12.1. The maximum absolute atomic E-state index is 13.7. The summed E-state index contributed by atoms with van der Waals surface area (Å²) in [4.78, 5) is 7.24. The molecule has 1 N–H and O–H groups in total. The number of hydrogen-bond donors (Lipinski definition) is 1. The van der Waals surface area contributed by atoms with E-state index in [0.29, 0.717) is 5.76 Å². The van der Waals surface area contributed by atoms with Gasteiger partial charge in [0.1, 0.15) is 11.6 Å². The monoisotopic (exact) mass is 272 g/mol. The average Bonchev–Trinajstić information content (AvgIpc) is 2.82. The van der Waals surface area contributed by atoms with Gasteiger partial charge in [0.15, 0.2) is 11.6 Å². The maximum atomic E-state index is 13.7. The largest absolute Gasteiger partial charge is 0.455 e. The second kappa shape index (κ2) is 6.19. The van der Waals surface area contributed by atoms with Crippen LogP contribution < -0.4 is 4.74 Å². The molecule has 2 rings (SSSR count). The van der Waals surface area contributed by atoms with E-state index in [0.717, 1.165) is 17.1 Å². The molecule has 0 bridgehead atoms. The highest BCUT2D eigenvalue weighted by Crippen LogP contribution is 2.21. The fourth-order valence-corrected chi connectivity index (χ4v) is 1.68. The van der Waals surface area contributed by atoms with Gasteiger partial charge in [0.05, 0.1) is 0 Å². The van der Waals surface area contributed by atoms with Gasteiger partial charge in [0, 0.05) is 11.9 Å². The van der Waals surface area contributed by atoms with Crippen LogP contribution in [0.15, 0.2) is 42.3 Å². The summed E-state index contributed by atoms with van der Waals surface area (Å²) in [6, 6.07) is 4.88. The standard InChI is InChI=1S/C16H17FN2O/c1-4-13(6-8-16-18-10-12(3)19-16)20-15-7-5-11(2)9-14(15)17/h4-10H,1-3H3,(H,18,19)/b8-6-,13-4+. The molecular formula is C16H17FN2O. The molecule has 0 unspecified atom stereocenters. The topological polar surface area (TPSA) is 37.9 Å². The van der Waals surface area contributed by atoms with Crippen molar-refractivity contribution in [2.75, 3.05) is 0 Å². The number of rotatable bonds is 4. The number of halogens is 1.